The third-order valence-corrected chi connectivity index (χ3v) is 5.37. The number of hydrogen-bond acceptors (Lipinski definition) is 4. The van der Waals surface area contributed by atoms with Crippen LogP contribution in [0.1, 0.15) is 38.8 Å². The Kier molecular flexibility index (Phi) is 4.76. The normalized spacial score (nSPS) is 23.4. The highest BCUT2D eigenvalue weighted by Gasteiger charge is 2.39. The van der Waals surface area contributed by atoms with Crippen LogP contribution in [0.4, 0.5) is 0 Å². The lowest BCUT2D eigenvalue weighted by molar-refractivity contribution is -0.144. The monoisotopic (exact) mass is 348 g/mol. The van der Waals surface area contributed by atoms with Crippen molar-refractivity contribution in [2.24, 2.45) is 5.41 Å². The van der Waals surface area contributed by atoms with Crippen molar-refractivity contribution >= 4 is 23.6 Å². The third-order valence-electron chi connectivity index (χ3n) is 4.36. The number of thioether (sulfide) groups is 1. The van der Waals surface area contributed by atoms with Gasteiger partial charge in [0, 0.05) is 23.2 Å². The molecule has 2 amide bonds. The molecule has 1 N–H and O–H groups in total. The quantitative estimate of drug-likeness (QED) is 0.892. The lowest BCUT2D eigenvalue weighted by Crippen LogP contribution is -2.51. The van der Waals surface area contributed by atoms with Crippen molar-refractivity contribution < 1.29 is 14.3 Å². The molecular weight excluding hydrogens is 324 g/mol. The summed E-state index contributed by atoms with van der Waals surface area (Å²) in [6.07, 6.45) is 0.746. The molecule has 0 unspecified atom stereocenters. The van der Waals surface area contributed by atoms with Crippen LogP contribution < -0.4 is 10.1 Å². The van der Waals surface area contributed by atoms with E-state index in [0.717, 1.165) is 17.7 Å². The van der Waals surface area contributed by atoms with Crippen LogP contribution in [-0.2, 0) is 9.59 Å². The molecule has 3 rings (SSSR count). The van der Waals surface area contributed by atoms with E-state index in [0.29, 0.717) is 18.2 Å². The molecule has 6 heteroatoms. The predicted molar refractivity (Wildman–Crippen MR) is 94.9 cm³/mol. The number of benzene rings is 1. The number of carbonyl (C=O) groups is 2. The van der Waals surface area contributed by atoms with Crippen LogP contribution in [0, 0.1) is 5.41 Å². The van der Waals surface area contributed by atoms with Crippen molar-refractivity contribution in [2.75, 3.05) is 18.2 Å². The zero-order valence-corrected chi connectivity index (χ0v) is 15.2. The molecule has 1 aromatic carbocycles. The summed E-state index contributed by atoms with van der Waals surface area (Å²) >= 11 is 1.63. The molecule has 2 aliphatic heterocycles. The second kappa shape index (κ2) is 6.67. The Hall–Kier alpha value is -1.69. The average Bonchev–Trinajstić information content (AvgIpc) is 3.03. The molecule has 0 bridgehead atoms. The fraction of sp³-hybridized carbons (Fsp3) is 0.556. The molecule has 0 saturated carbocycles. The van der Waals surface area contributed by atoms with Gasteiger partial charge in [-0.3, -0.25) is 9.59 Å². The van der Waals surface area contributed by atoms with E-state index in [9.17, 15) is 9.59 Å². The Morgan fingerprint density at radius 2 is 2.04 bits per heavy atom. The second-order valence-electron chi connectivity index (χ2n) is 7.28. The minimum atomic E-state index is -0.477. The molecule has 0 spiro atoms. The fourth-order valence-electron chi connectivity index (χ4n) is 3.05. The van der Waals surface area contributed by atoms with E-state index in [1.807, 2.05) is 45.0 Å². The van der Waals surface area contributed by atoms with E-state index in [4.69, 9.17) is 4.74 Å². The van der Waals surface area contributed by atoms with Crippen LogP contribution in [0.15, 0.2) is 24.3 Å². The molecule has 0 aliphatic carbocycles. The maximum absolute atomic E-state index is 12.8. The largest absolute Gasteiger partial charge is 0.493 e. The standard InChI is InChI=1S/C18H24N2O3S/c1-18(2,3)17(22)20-11-24-10-14(20)16(21)19-13-8-9-23-15-7-5-4-6-12(13)15/h4-7,13-14H,8-11H2,1-3H3,(H,19,21)/t13-,14+/m0/s1. The Bertz CT molecular complexity index is 641. The van der Waals surface area contributed by atoms with Gasteiger partial charge in [0.15, 0.2) is 0 Å². The molecule has 1 fully saturated rings. The summed E-state index contributed by atoms with van der Waals surface area (Å²) < 4.78 is 5.64. The van der Waals surface area contributed by atoms with Gasteiger partial charge in [-0.25, -0.2) is 0 Å². The first kappa shape index (κ1) is 17.1. The van der Waals surface area contributed by atoms with E-state index in [-0.39, 0.29) is 17.9 Å². The summed E-state index contributed by atoms with van der Waals surface area (Å²) in [5, 5.41) is 3.13. The summed E-state index contributed by atoms with van der Waals surface area (Å²) in [4.78, 5) is 27.1. The molecule has 2 heterocycles. The number of rotatable bonds is 2. The Labute approximate surface area is 147 Å². The van der Waals surface area contributed by atoms with Crippen molar-refractivity contribution in [1.29, 1.82) is 0 Å². The van der Waals surface area contributed by atoms with Crippen LogP contribution in [0.3, 0.4) is 0 Å². The highest BCUT2D eigenvalue weighted by Crippen LogP contribution is 2.33. The second-order valence-corrected chi connectivity index (χ2v) is 8.28. The maximum atomic E-state index is 12.8. The van der Waals surface area contributed by atoms with E-state index >= 15 is 0 Å². The predicted octanol–water partition coefficient (Wildman–Crippen LogP) is 2.57. The van der Waals surface area contributed by atoms with Crippen LogP contribution in [-0.4, -0.2) is 41.0 Å². The number of ether oxygens (including phenoxy) is 1. The molecule has 24 heavy (non-hydrogen) atoms. The van der Waals surface area contributed by atoms with Gasteiger partial charge >= 0.3 is 0 Å². The van der Waals surface area contributed by atoms with Gasteiger partial charge in [0.05, 0.1) is 18.5 Å². The lowest BCUT2D eigenvalue weighted by Gasteiger charge is -2.32. The van der Waals surface area contributed by atoms with Gasteiger partial charge in [0.1, 0.15) is 11.8 Å². The summed E-state index contributed by atoms with van der Waals surface area (Å²) in [5.41, 5.74) is 0.533. The molecule has 2 atom stereocenters. The first-order valence-corrected chi connectivity index (χ1v) is 9.44. The van der Waals surface area contributed by atoms with Crippen molar-refractivity contribution in [3.05, 3.63) is 29.8 Å². The number of amides is 2. The molecule has 0 aromatic heterocycles. The van der Waals surface area contributed by atoms with Gasteiger partial charge in [0.25, 0.3) is 0 Å². The molecule has 130 valence electrons. The zero-order valence-electron chi connectivity index (χ0n) is 14.4. The van der Waals surface area contributed by atoms with Crippen molar-refractivity contribution in [3.8, 4) is 5.75 Å². The van der Waals surface area contributed by atoms with Crippen LogP contribution in [0.25, 0.3) is 0 Å². The van der Waals surface area contributed by atoms with Gasteiger partial charge in [-0.2, -0.15) is 0 Å². The van der Waals surface area contributed by atoms with E-state index < -0.39 is 11.5 Å². The molecule has 5 nitrogen and oxygen atoms in total. The Morgan fingerprint density at radius 3 is 2.79 bits per heavy atom. The van der Waals surface area contributed by atoms with Gasteiger partial charge < -0.3 is 15.0 Å². The smallest absolute Gasteiger partial charge is 0.244 e. The van der Waals surface area contributed by atoms with E-state index in [1.165, 1.54) is 0 Å². The number of carbonyl (C=O) groups excluding carboxylic acids is 2. The van der Waals surface area contributed by atoms with Crippen LogP contribution in [0.5, 0.6) is 5.75 Å². The summed E-state index contributed by atoms with van der Waals surface area (Å²) in [5.74, 6) is 2.02. The average molecular weight is 348 g/mol. The first-order chi connectivity index (χ1) is 11.4. The molecule has 2 aliphatic rings. The van der Waals surface area contributed by atoms with E-state index in [1.54, 1.807) is 16.7 Å². The van der Waals surface area contributed by atoms with Gasteiger partial charge in [0.2, 0.25) is 11.8 Å². The van der Waals surface area contributed by atoms with Crippen molar-refractivity contribution in [3.63, 3.8) is 0 Å². The number of nitrogens with one attached hydrogen (secondary N) is 1. The Morgan fingerprint density at radius 1 is 1.29 bits per heavy atom. The van der Waals surface area contributed by atoms with Gasteiger partial charge in [-0.1, -0.05) is 39.0 Å². The zero-order chi connectivity index (χ0) is 17.3. The van der Waals surface area contributed by atoms with Crippen LogP contribution in [0.2, 0.25) is 0 Å². The summed E-state index contributed by atoms with van der Waals surface area (Å²) in [6.45, 7) is 6.26. The van der Waals surface area contributed by atoms with Crippen molar-refractivity contribution in [2.45, 2.75) is 39.3 Å². The SMILES string of the molecule is CC(C)(C)C(=O)N1CSC[C@@H]1C(=O)N[C@H]1CCOc2ccccc21. The summed E-state index contributed by atoms with van der Waals surface area (Å²) in [6, 6.07) is 7.35. The number of para-hydroxylation sites is 1. The first-order valence-electron chi connectivity index (χ1n) is 8.29. The molecular formula is C18H24N2O3S. The third kappa shape index (κ3) is 3.38. The summed E-state index contributed by atoms with van der Waals surface area (Å²) in [7, 11) is 0. The van der Waals surface area contributed by atoms with E-state index in [2.05, 4.69) is 5.32 Å². The minimum absolute atomic E-state index is 0.0278. The molecule has 1 aromatic rings. The number of hydrogen-bond donors (Lipinski definition) is 1. The minimum Gasteiger partial charge on any atom is -0.493 e. The van der Waals surface area contributed by atoms with Gasteiger partial charge in [-0.05, 0) is 6.07 Å². The van der Waals surface area contributed by atoms with Gasteiger partial charge in [-0.15, -0.1) is 11.8 Å². The van der Waals surface area contributed by atoms with Crippen molar-refractivity contribution in [1.82, 2.24) is 10.2 Å². The van der Waals surface area contributed by atoms with Crippen LogP contribution >= 0.6 is 11.8 Å². The Balaban J connectivity index is 1.72. The maximum Gasteiger partial charge on any atom is 0.244 e. The number of fused-ring (bicyclic) bond motifs is 1. The lowest BCUT2D eigenvalue weighted by atomic mass is 9.94. The molecule has 1 saturated heterocycles. The molecule has 0 radical (unpaired) electrons. The topological polar surface area (TPSA) is 58.6 Å². The highest BCUT2D eigenvalue weighted by molar-refractivity contribution is 7.99. The number of nitrogens with zero attached hydrogens (tertiary/aromatic N) is 1. The highest BCUT2D eigenvalue weighted by atomic mass is 32.2. The fourth-order valence-corrected chi connectivity index (χ4v) is 4.20.